The topological polar surface area (TPSA) is 41.6 Å². The summed E-state index contributed by atoms with van der Waals surface area (Å²) < 4.78 is 27.9. The molecule has 0 saturated heterocycles. The van der Waals surface area contributed by atoms with Crippen LogP contribution < -0.4 is 5.46 Å². The van der Waals surface area contributed by atoms with E-state index in [0.717, 1.165) is 32.9 Å². The fourth-order valence-electron chi connectivity index (χ4n) is 3.54. The van der Waals surface area contributed by atoms with E-state index < -0.39 is 5.82 Å². The van der Waals surface area contributed by atoms with Crippen LogP contribution in [0.3, 0.4) is 0 Å². The summed E-state index contributed by atoms with van der Waals surface area (Å²) >= 11 is 6.05. The number of pyridine rings is 1. The highest BCUT2D eigenvalue weighted by Crippen LogP contribution is 2.37. The fraction of sp³-hybridized carbons (Fsp3) is 0. The van der Waals surface area contributed by atoms with Crippen LogP contribution >= 0.6 is 11.6 Å². The minimum Gasteiger partial charge on any atom is -0.278 e. The molecule has 0 atom stereocenters. The Kier molecular flexibility index (Phi) is 4.10. The normalized spacial score (nSPS) is 11.4. The van der Waals surface area contributed by atoms with Crippen LogP contribution in [0.2, 0.25) is 5.02 Å². The Morgan fingerprint density at radius 3 is 2.52 bits per heavy atom. The molecule has 7 heteroatoms. The van der Waals surface area contributed by atoms with Crippen LogP contribution in [0.4, 0.5) is 8.78 Å². The smallest absolute Gasteiger partial charge is 0.143 e. The van der Waals surface area contributed by atoms with Gasteiger partial charge in [0, 0.05) is 16.3 Å². The maximum Gasteiger partial charge on any atom is 0.143 e. The van der Waals surface area contributed by atoms with Crippen molar-refractivity contribution >= 4 is 46.7 Å². The van der Waals surface area contributed by atoms with Crippen LogP contribution in [0.1, 0.15) is 0 Å². The molecule has 0 aliphatic heterocycles. The first-order valence-electron chi connectivity index (χ1n) is 9.00. The molecule has 0 aliphatic rings. The lowest BCUT2D eigenvalue weighted by Gasteiger charge is -2.12. The number of fused-ring (bicyclic) bond motifs is 3. The van der Waals surface area contributed by atoms with Gasteiger partial charge in [0.05, 0.1) is 27.9 Å². The Balaban J connectivity index is 1.86. The molecule has 5 rings (SSSR count). The number of nitrogens with one attached hydrogen (secondary N) is 1. The Morgan fingerprint density at radius 1 is 0.897 bits per heavy atom. The van der Waals surface area contributed by atoms with E-state index in [-0.39, 0.29) is 10.8 Å². The minimum atomic E-state index is -0.483. The third-order valence-corrected chi connectivity index (χ3v) is 5.38. The maximum absolute atomic E-state index is 14.2. The standard InChI is InChI=1S/C22H13BClF2N3/c23-15-3-1-12(8-18(15)26)21-9-13(11-2-4-17(25)16(24)7-11)22-14-10-27-29-19(14)5-6-20(22)28-21/h1-10H,23H2,(H,27,29). The quantitative estimate of drug-likeness (QED) is 0.437. The van der Waals surface area contributed by atoms with Crippen LogP contribution in [0.25, 0.3) is 44.2 Å². The lowest BCUT2D eigenvalue weighted by atomic mass is 9.92. The van der Waals surface area contributed by atoms with E-state index >= 15 is 0 Å². The van der Waals surface area contributed by atoms with Crippen molar-refractivity contribution in [3.8, 4) is 22.4 Å². The number of benzene rings is 3. The van der Waals surface area contributed by atoms with Crippen LogP contribution in [0, 0.1) is 11.6 Å². The number of nitrogens with zero attached hydrogens (tertiary/aromatic N) is 2. The van der Waals surface area contributed by atoms with Gasteiger partial charge in [0.25, 0.3) is 0 Å². The number of H-pyrrole nitrogens is 1. The van der Waals surface area contributed by atoms with Gasteiger partial charge in [-0.1, -0.05) is 35.3 Å². The first-order valence-corrected chi connectivity index (χ1v) is 9.38. The molecule has 140 valence electrons. The van der Waals surface area contributed by atoms with Gasteiger partial charge in [-0.2, -0.15) is 5.10 Å². The van der Waals surface area contributed by atoms with Crippen molar-refractivity contribution in [1.82, 2.24) is 15.2 Å². The summed E-state index contributed by atoms with van der Waals surface area (Å²) in [4.78, 5) is 4.76. The van der Waals surface area contributed by atoms with E-state index in [1.807, 2.05) is 24.3 Å². The van der Waals surface area contributed by atoms with Crippen molar-refractivity contribution in [3.05, 3.63) is 77.5 Å². The molecule has 0 unspecified atom stereocenters. The first kappa shape index (κ1) is 17.8. The second-order valence-electron chi connectivity index (χ2n) is 6.94. The molecule has 5 aromatic rings. The van der Waals surface area contributed by atoms with Crippen molar-refractivity contribution in [2.24, 2.45) is 0 Å². The molecule has 0 radical (unpaired) electrons. The second kappa shape index (κ2) is 6.67. The number of aromatic nitrogens is 3. The highest BCUT2D eigenvalue weighted by molar-refractivity contribution is 6.32. The molecule has 0 bridgehead atoms. The van der Waals surface area contributed by atoms with Gasteiger partial charge in [-0.15, -0.1) is 0 Å². The summed E-state index contributed by atoms with van der Waals surface area (Å²) in [6.07, 6.45) is 1.74. The molecule has 3 aromatic carbocycles. The van der Waals surface area contributed by atoms with E-state index in [1.165, 1.54) is 12.1 Å². The largest absolute Gasteiger partial charge is 0.278 e. The van der Waals surface area contributed by atoms with Crippen LogP contribution in [-0.2, 0) is 0 Å². The maximum atomic E-state index is 14.2. The van der Waals surface area contributed by atoms with E-state index in [0.29, 0.717) is 16.7 Å². The van der Waals surface area contributed by atoms with E-state index in [1.54, 1.807) is 32.2 Å². The van der Waals surface area contributed by atoms with Gasteiger partial charge in [0.15, 0.2) is 0 Å². The van der Waals surface area contributed by atoms with Gasteiger partial charge in [0.1, 0.15) is 19.5 Å². The second-order valence-corrected chi connectivity index (χ2v) is 7.35. The summed E-state index contributed by atoms with van der Waals surface area (Å²) in [6, 6.07) is 15.3. The predicted octanol–water partition coefficient (Wildman–Crippen LogP) is 4.64. The van der Waals surface area contributed by atoms with E-state index in [9.17, 15) is 8.78 Å². The third-order valence-electron chi connectivity index (χ3n) is 5.09. The van der Waals surface area contributed by atoms with Gasteiger partial charge in [0.2, 0.25) is 0 Å². The molecule has 0 spiro atoms. The molecule has 29 heavy (non-hydrogen) atoms. The first-order chi connectivity index (χ1) is 14.0. The van der Waals surface area contributed by atoms with Crippen molar-refractivity contribution in [2.75, 3.05) is 0 Å². The van der Waals surface area contributed by atoms with Crippen molar-refractivity contribution in [1.29, 1.82) is 0 Å². The van der Waals surface area contributed by atoms with Gasteiger partial charge in [-0.25, -0.2) is 13.8 Å². The molecule has 2 heterocycles. The van der Waals surface area contributed by atoms with Crippen LogP contribution in [-0.4, -0.2) is 23.0 Å². The Morgan fingerprint density at radius 2 is 1.72 bits per heavy atom. The number of aromatic amines is 1. The SMILES string of the molecule is Bc1ccc(-c2cc(-c3ccc(F)c(Cl)c3)c3c(ccc4[nH]ncc43)n2)cc1F. The van der Waals surface area contributed by atoms with Crippen molar-refractivity contribution in [2.45, 2.75) is 0 Å². The number of rotatable bonds is 2. The van der Waals surface area contributed by atoms with Crippen molar-refractivity contribution in [3.63, 3.8) is 0 Å². The molecule has 0 aliphatic carbocycles. The number of hydrogen-bond acceptors (Lipinski definition) is 2. The molecule has 1 N–H and O–H groups in total. The zero-order chi connectivity index (χ0) is 20.1. The zero-order valence-electron chi connectivity index (χ0n) is 15.3. The molecular formula is C22H13BClF2N3. The number of hydrogen-bond donors (Lipinski definition) is 1. The zero-order valence-corrected chi connectivity index (χ0v) is 16.1. The van der Waals surface area contributed by atoms with Gasteiger partial charge >= 0.3 is 0 Å². The van der Waals surface area contributed by atoms with Gasteiger partial charge in [-0.05, 0) is 47.5 Å². The highest BCUT2D eigenvalue weighted by atomic mass is 35.5. The molecule has 2 aromatic heterocycles. The van der Waals surface area contributed by atoms with Gasteiger partial charge in [-0.3, -0.25) is 5.10 Å². The minimum absolute atomic E-state index is 0.0368. The third kappa shape index (κ3) is 2.96. The number of halogens is 3. The predicted molar refractivity (Wildman–Crippen MR) is 115 cm³/mol. The van der Waals surface area contributed by atoms with Crippen LogP contribution in [0.15, 0.2) is 60.8 Å². The average molecular weight is 404 g/mol. The molecular weight excluding hydrogens is 391 g/mol. The fourth-order valence-corrected chi connectivity index (χ4v) is 3.73. The van der Waals surface area contributed by atoms with E-state index in [4.69, 9.17) is 16.6 Å². The highest BCUT2D eigenvalue weighted by Gasteiger charge is 2.15. The molecule has 3 nitrogen and oxygen atoms in total. The molecule has 0 amide bonds. The van der Waals surface area contributed by atoms with Crippen molar-refractivity contribution < 1.29 is 8.78 Å². The Labute approximate surface area is 170 Å². The van der Waals surface area contributed by atoms with Gasteiger partial charge < -0.3 is 0 Å². The summed E-state index contributed by atoms with van der Waals surface area (Å²) in [5.74, 6) is -0.774. The summed E-state index contributed by atoms with van der Waals surface area (Å²) in [5, 5.41) is 8.89. The van der Waals surface area contributed by atoms with Crippen LogP contribution in [0.5, 0.6) is 0 Å². The monoisotopic (exact) mass is 403 g/mol. The lowest BCUT2D eigenvalue weighted by molar-refractivity contribution is 0.628. The molecule has 0 fully saturated rings. The summed E-state index contributed by atoms with van der Waals surface area (Å²) in [5.41, 5.74) is 5.01. The van der Waals surface area contributed by atoms with E-state index in [2.05, 4.69) is 10.2 Å². The molecule has 0 saturated carbocycles. The summed E-state index contributed by atoms with van der Waals surface area (Å²) in [7, 11) is 1.72. The summed E-state index contributed by atoms with van der Waals surface area (Å²) in [6.45, 7) is 0. The Bertz CT molecular complexity index is 1410. The lowest BCUT2D eigenvalue weighted by Crippen LogP contribution is -2.07. The average Bonchev–Trinajstić information content (AvgIpc) is 3.20. The Hall–Kier alpha value is -3.25.